The quantitative estimate of drug-likeness (QED) is 0.905. The third-order valence-electron chi connectivity index (χ3n) is 4.75. The van der Waals surface area contributed by atoms with Crippen molar-refractivity contribution < 1.29 is 14.3 Å². The van der Waals surface area contributed by atoms with Crippen molar-refractivity contribution in [2.75, 3.05) is 25.5 Å². The standard InChI is InChI=1S/C21H21N3O3/c1-27-19-7-5-17(6-8-19)21(26)24-11-9-16(10-12-24)20(25)23-18-4-2-3-15(13-18)14-22/h2-8,13,16H,9-12H2,1H3,(H,23,25). The average Bonchev–Trinajstić information content (AvgIpc) is 2.73. The van der Waals surface area contributed by atoms with Gasteiger partial charge in [-0.3, -0.25) is 9.59 Å². The smallest absolute Gasteiger partial charge is 0.253 e. The van der Waals surface area contributed by atoms with E-state index in [1.54, 1.807) is 60.5 Å². The molecule has 1 aliphatic heterocycles. The summed E-state index contributed by atoms with van der Waals surface area (Å²) in [7, 11) is 1.59. The Bertz CT molecular complexity index is 863. The number of nitrogens with one attached hydrogen (secondary N) is 1. The minimum Gasteiger partial charge on any atom is -0.497 e. The number of hydrogen-bond acceptors (Lipinski definition) is 4. The third-order valence-corrected chi connectivity index (χ3v) is 4.75. The number of carbonyl (C=O) groups excluding carboxylic acids is 2. The topological polar surface area (TPSA) is 82.4 Å². The van der Waals surface area contributed by atoms with Crippen molar-refractivity contribution in [1.29, 1.82) is 5.26 Å². The molecule has 6 heteroatoms. The Hall–Kier alpha value is -3.33. The van der Waals surface area contributed by atoms with E-state index in [1.807, 2.05) is 0 Å². The molecule has 0 unspecified atom stereocenters. The van der Waals surface area contributed by atoms with Crippen LogP contribution < -0.4 is 10.1 Å². The van der Waals surface area contributed by atoms with Gasteiger partial charge in [0.2, 0.25) is 5.91 Å². The van der Waals surface area contributed by atoms with Gasteiger partial charge in [0.25, 0.3) is 5.91 Å². The van der Waals surface area contributed by atoms with Crippen molar-refractivity contribution in [3.8, 4) is 11.8 Å². The molecule has 2 aromatic rings. The van der Waals surface area contributed by atoms with Crippen LogP contribution in [0.4, 0.5) is 5.69 Å². The molecule has 6 nitrogen and oxygen atoms in total. The van der Waals surface area contributed by atoms with Crippen molar-refractivity contribution in [3.05, 3.63) is 59.7 Å². The summed E-state index contributed by atoms with van der Waals surface area (Å²) in [5.41, 5.74) is 1.75. The number of piperidine rings is 1. The Morgan fingerprint density at radius 2 is 1.85 bits per heavy atom. The average molecular weight is 363 g/mol. The van der Waals surface area contributed by atoms with Crippen molar-refractivity contribution in [2.24, 2.45) is 5.92 Å². The Morgan fingerprint density at radius 1 is 1.15 bits per heavy atom. The molecule has 27 heavy (non-hydrogen) atoms. The van der Waals surface area contributed by atoms with Crippen LogP contribution in [0, 0.1) is 17.2 Å². The third kappa shape index (κ3) is 4.45. The van der Waals surface area contributed by atoms with Crippen LogP contribution in [0.5, 0.6) is 5.75 Å². The van der Waals surface area contributed by atoms with E-state index in [2.05, 4.69) is 11.4 Å². The molecule has 1 saturated heterocycles. The zero-order chi connectivity index (χ0) is 19.2. The van der Waals surface area contributed by atoms with Crippen LogP contribution in [0.25, 0.3) is 0 Å². The zero-order valence-corrected chi connectivity index (χ0v) is 15.1. The number of nitriles is 1. The van der Waals surface area contributed by atoms with Crippen LogP contribution in [0.2, 0.25) is 0 Å². The second kappa shape index (κ2) is 8.37. The maximum absolute atomic E-state index is 12.6. The highest BCUT2D eigenvalue weighted by atomic mass is 16.5. The van der Waals surface area contributed by atoms with Gasteiger partial charge in [0.15, 0.2) is 0 Å². The number of methoxy groups -OCH3 is 1. The first-order chi connectivity index (χ1) is 13.1. The summed E-state index contributed by atoms with van der Waals surface area (Å²) >= 11 is 0. The number of ether oxygens (including phenoxy) is 1. The van der Waals surface area contributed by atoms with E-state index in [0.29, 0.717) is 48.5 Å². The van der Waals surface area contributed by atoms with E-state index in [0.717, 1.165) is 0 Å². The van der Waals surface area contributed by atoms with Crippen LogP contribution in [0.15, 0.2) is 48.5 Å². The fourth-order valence-electron chi connectivity index (χ4n) is 3.17. The molecule has 3 rings (SSSR count). The minimum atomic E-state index is -0.143. The lowest BCUT2D eigenvalue weighted by molar-refractivity contribution is -0.121. The second-order valence-electron chi connectivity index (χ2n) is 6.48. The van der Waals surface area contributed by atoms with Gasteiger partial charge < -0.3 is 15.0 Å². The predicted octanol–water partition coefficient (Wildman–Crippen LogP) is 3.06. The SMILES string of the molecule is COc1ccc(C(=O)N2CCC(C(=O)Nc3cccc(C#N)c3)CC2)cc1. The minimum absolute atomic E-state index is 0.0294. The number of likely N-dealkylation sites (tertiary alicyclic amines) is 1. The Labute approximate surface area is 158 Å². The second-order valence-corrected chi connectivity index (χ2v) is 6.48. The number of anilines is 1. The summed E-state index contributed by atoms with van der Waals surface area (Å²) in [6.45, 7) is 1.09. The van der Waals surface area contributed by atoms with Gasteiger partial charge in [0, 0.05) is 30.3 Å². The number of amides is 2. The van der Waals surface area contributed by atoms with Gasteiger partial charge in [-0.2, -0.15) is 5.26 Å². The molecule has 138 valence electrons. The van der Waals surface area contributed by atoms with Crippen LogP contribution in [0.1, 0.15) is 28.8 Å². The van der Waals surface area contributed by atoms with Crippen LogP contribution >= 0.6 is 0 Å². The van der Waals surface area contributed by atoms with Crippen LogP contribution in [-0.2, 0) is 4.79 Å². The highest BCUT2D eigenvalue weighted by molar-refractivity contribution is 5.95. The number of hydrogen-bond donors (Lipinski definition) is 1. The van der Waals surface area contributed by atoms with Gasteiger partial charge in [0.05, 0.1) is 18.7 Å². The fraction of sp³-hybridized carbons (Fsp3) is 0.286. The highest BCUT2D eigenvalue weighted by Gasteiger charge is 2.28. The molecule has 0 atom stereocenters. The molecule has 0 spiro atoms. The molecule has 0 bridgehead atoms. The molecule has 1 aliphatic rings. The van der Waals surface area contributed by atoms with Crippen molar-refractivity contribution in [3.63, 3.8) is 0 Å². The van der Waals surface area contributed by atoms with Gasteiger partial charge in [0.1, 0.15) is 5.75 Å². The predicted molar refractivity (Wildman–Crippen MR) is 101 cm³/mol. The van der Waals surface area contributed by atoms with Gasteiger partial charge in [-0.05, 0) is 55.3 Å². The number of rotatable bonds is 4. The first kappa shape index (κ1) is 18.5. The van der Waals surface area contributed by atoms with Gasteiger partial charge in [-0.25, -0.2) is 0 Å². The van der Waals surface area contributed by atoms with Crippen LogP contribution in [0.3, 0.4) is 0 Å². The van der Waals surface area contributed by atoms with Crippen molar-refractivity contribution >= 4 is 17.5 Å². The van der Waals surface area contributed by atoms with Gasteiger partial charge >= 0.3 is 0 Å². The van der Waals surface area contributed by atoms with E-state index in [1.165, 1.54) is 0 Å². The summed E-state index contributed by atoms with van der Waals surface area (Å²) in [6.07, 6.45) is 1.23. The zero-order valence-electron chi connectivity index (χ0n) is 15.1. The van der Waals surface area contributed by atoms with E-state index in [4.69, 9.17) is 10.00 Å². The largest absolute Gasteiger partial charge is 0.497 e. The van der Waals surface area contributed by atoms with E-state index in [-0.39, 0.29) is 17.7 Å². The summed E-state index contributed by atoms with van der Waals surface area (Å²) < 4.78 is 5.11. The lowest BCUT2D eigenvalue weighted by Gasteiger charge is -2.31. The summed E-state index contributed by atoms with van der Waals surface area (Å²) in [4.78, 5) is 26.8. The molecule has 1 heterocycles. The summed E-state index contributed by atoms with van der Waals surface area (Å²) in [5.74, 6) is 0.470. The molecule has 2 amide bonds. The molecular formula is C21H21N3O3. The Balaban J connectivity index is 1.55. The molecule has 0 radical (unpaired) electrons. The first-order valence-electron chi connectivity index (χ1n) is 8.85. The van der Waals surface area contributed by atoms with E-state index >= 15 is 0 Å². The maximum atomic E-state index is 12.6. The highest BCUT2D eigenvalue weighted by Crippen LogP contribution is 2.22. The van der Waals surface area contributed by atoms with E-state index < -0.39 is 0 Å². The normalized spacial score (nSPS) is 14.3. The molecule has 0 saturated carbocycles. The molecule has 1 N–H and O–H groups in total. The molecule has 2 aromatic carbocycles. The van der Waals surface area contributed by atoms with Crippen molar-refractivity contribution in [2.45, 2.75) is 12.8 Å². The Morgan fingerprint density at radius 3 is 2.48 bits per heavy atom. The molecule has 0 aliphatic carbocycles. The molecule has 1 fully saturated rings. The van der Waals surface area contributed by atoms with Gasteiger partial charge in [-0.1, -0.05) is 6.07 Å². The number of carbonyl (C=O) groups is 2. The van der Waals surface area contributed by atoms with Crippen molar-refractivity contribution in [1.82, 2.24) is 4.90 Å². The van der Waals surface area contributed by atoms with E-state index in [9.17, 15) is 9.59 Å². The fourth-order valence-corrected chi connectivity index (χ4v) is 3.17. The monoisotopic (exact) mass is 363 g/mol. The lowest BCUT2D eigenvalue weighted by Crippen LogP contribution is -2.41. The molecular weight excluding hydrogens is 342 g/mol. The first-order valence-corrected chi connectivity index (χ1v) is 8.85. The van der Waals surface area contributed by atoms with Gasteiger partial charge in [-0.15, -0.1) is 0 Å². The number of benzene rings is 2. The number of nitrogens with zero attached hydrogens (tertiary/aromatic N) is 2. The van der Waals surface area contributed by atoms with Crippen LogP contribution in [-0.4, -0.2) is 36.9 Å². The summed E-state index contributed by atoms with van der Waals surface area (Å²) in [5, 5.41) is 11.8. The molecule has 0 aromatic heterocycles. The lowest BCUT2D eigenvalue weighted by atomic mass is 9.95. The maximum Gasteiger partial charge on any atom is 0.253 e. The summed E-state index contributed by atoms with van der Waals surface area (Å²) in [6, 6.07) is 15.9. The Kier molecular flexibility index (Phi) is 5.72.